The van der Waals surface area contributed by atoms with Crippen molar-refractivity contribution in [1.29, 1.82) is 0 Å². The maximum absolute atomic E-state index is 5.21. The molecule has 0 aromatic carbocycles. The van der Waals surface area contributed by atoms with E-state index in [1.165, 1.54) is 25.7 Å². The summed E-state index contributed by atoms with van der Waals surface area (Å²) in [5, 5.41) is 3.86. The van der Waals surface area contributed by atoms with Gasteiger partial charge in [-0.1, -0.05) is 18.0 Å². The largest absolute Gasteiger partial charge is 0.377 e. The molecule has 6 heteroatoms. The highest BCUT2D eigenvalue weighted by Crippen LogP contribution is 2.21. The summed E-state index contributed by atoms with van der Waals surface area (Å²) in [6.07, 6.45) is 6.92. The predicted molar refractivity (Wildman–Crippen MR) is 78.9 cm³/mol. The number of rotatable bonds is 4. The van der Waals surface area contributed by atoms with Crippen LogP contribution in [0, 0.1) is 0 Å². The second-order valence-corrected chi connectivity index (χ2v) is 5.26. The molecule has 0 spiro atoms. The van der Waals surface area contributed by atoms with Gasteiger partial charge in [0, 0.05) is 26.4 Å². The Morgan fingerprint density at radius 1 is 1.19 bits per heavy atom. The van der Waals surface area contributed by atoms with Crippen LogP contribution >= 0.6 is 0 Å². The Kier molecular flexibility index (Phi) is 4.45. The van der Waals surface area contributed by atoms with E-state index in [1.54, 1.807) is 13.3 Å². The molecule has 0 bridgehead atoms. The smallest absolute Gasteiger partial charge is 0.259 e. The van der Waals surface area contributed by atoms with Crippen LogP contribution in [0.25, 0.3) is 11.5 Å². The minimum atomic E-state index is 0.350. The van der Waals surface area contributed by atoms with Gasteiger partial charge >= 0.3 is 0 Å². The van der Waals surface area contributed by atoms with Gasteiger partial charge in [0.2, 0.25) is 0 Å². The molecule has 112 valence electrons. The molecular weight excluding hydrogens is 268 g/mol. The lowest BCUT2D eigenvalue weighted by Gasteiger charge is -2.21. The van der Waals surface area contributed by atoms with Crippen molar-refractivity contribution in [2.75, 3.05) is 25.1 Å². The van der Waals surface area contributed by atoms with E-state index in [9.17, 15) is 0 Å². The van der Waals surface area contributed by atoms with Crippen molar-refractivity contribution in [2.45, 2.75) is 32.3 Å². The van der Waals surface area contributed by atoms with Gasteiger partial charge in [0.1, 0.15) is 12.4 Å². The van der Waals surface area contributed by atoms with Crippen LogP contribution in [0.5, 0.6) is 0 Å². The molecule has 1 saturated heterocycles. The molecule has 21 heavy (non-hydrogen) atoms. The predicted octanol–water partition coefficient (Wildman–Crippen LogP) is 2.66. The van der Waals surface area contributed by atoms with Gasteiger partial charge < -0.3 is 14.2 Å². The molecule has 1 aliphatic heterocycles. The Balaban J connectivity index is 1.73. The third kappa shape index (κ3) is 3.39. The van der Waals surface area contributed by atoms with E-state index in [1.807, 2.05) is 12.1 Å². The topological polar surface area (TPSA) is 64.3 Å². The molecule has 1 fully saturated rings. The van der Waals surface area contributed by atoms with E-state index in [2.05, 4.69) is 20.0 Å². The summed E-state index contributed by atoms with van der Waals surface area (Å²) >= 11 is 0. The fraction of sp³-hybridized carbons (Fsp3) is 0.533. The summed E-state index contributed by atoms with van der Waals surface area (Å²) in [5.41, 5.74) is 0.837. The lowest BCUT2D eigenvalue weighted by molar-refractivity contribution is 0.174. The Labute approximate surface area is 124 Å². The van der Waals surface area contributed by atoms with Crippen LogP contribution in [-0.2, 0) is 11.3 Å². The summed E-state index contributed by atoms with van der Waals surface area (Å²) in [7, 11) is 1.60. The number of hydrogen-bond acceptors (Lipinski definition) is 6. The molecule has 0 atom stereocenters. The standard InChI is InChI=1S/C15H20N4O2/c1-20-11-13-17-15(21-18-13)12-6-7-14(16-10-12)19-8-4-2-3-5-9-19/h6-7,10H,2-5,8-9,11H2,1H3. The molecule has 0 aliphatic carbocycles. The van der Waals surface area contributed by atoms with Crippen molar-refractivity contribution in [2.24, 2.45) is 0 Å². The fourth-order valence-electron chi connectivity index (χ4n) is 2.56. The first kappa shape index (κ1) is 14.0. The number of anilines is 1. The van der Waals surface area contributed by atoms with Crippen molar-refractivity contribution in [3.63, 3.8) is 0 Å². The molecule has 0 saturated carbocycles. The number of methoxy groups -OCH3 is 1. The average molecular weight is 288 g/mol. The molecule has 2 aromatic heterocycles. The van der Waals surface area contributed by atoms with E-state index >= 15 is 0 Å². The minimum absolute atomic E-state index is 0.350. The first-order valence-electron chi connectivity index (χ1n) is 7.40. The summed E-state index contributed by atoms with van der Waals surface area (Å²) in [5.74, 6) is 2.05. The Bertz CT molecular complexity index is 559. The first-order chi connectivity index (χ1) is 10.4. The SMILES string of the molecule is COCc1noc(-c2ccc(N3CCCCCC3)nc2)n1. The highest BCUT2D eigenvalue weighted by Gasteiger charge is 2.13. The van der Waals surface area contributed by atoms with E-state index in [-0.39, 0.29) is 0 Å². The maximum Gasteiger partial charge on any atom is 0.259 e. The van der Waals surface area contributed by atoms with Gasteiger partial charge in [-0.25, -0.2) is 4.98 Å². The molecule has 0 amide bonds. The van der Waals surface area contributed by atoms with Crippen LogP contribution in [0.4, 0.5) is 5.82 Å². The Morgan fingerprint density at radius 3 is 2.67 bits per heavy atom. The van der Waals surface area contributed by atoms with Gasteiger partial charge in [-0.15, -0.1) is 0 Å². The van der Waals surface area contributed by atoms with Crippen LogP contribution in [0.2, 0.25) is 0 Å². The molecule has 3 rings (SSSR count). The van der Waals surface area contributed by atoms with Gasteiger partial charge in [-0.05, 0) is 25.0 Å². The van der Waals surface area contributed by atoms with E-state index in [0.29, 0.717) is 18.3 Å². The number of nitrogens with zero attached hydrogens (tertiary/aromatic N) is 4. The van der Waals surface area contributed by atoms with Crippen molar-refractivity contribution in [3.05, 3.63) is 24.2 Å². The Morgan fingerprint density at radius 2 is 2.00 bits per heavy atom. The molecule has 2 aromatic rings. The quantitative estimate of drug-likeness (QED) is 0.861. The summed E-state index contributed by atoms with van der Waals surface area (Å²) in [6.45, 7) is 2.53. The zero-order valence-corrected chi connectivity index (χ0v) is 12.3. The van der Waals surface area contributed by atoms with Crippen LogP contribution < -0.4 is 4.90 Å². The van der Waals surface area contributed by atoms with Crippen LogP contribution in [0.15, 0.2) is 22.9 Å². The van der Waals surface area contributed by atoms with Crippen molar-refractivity contribution >= 4 is 5.82 Å². The van der Waals surface area contributed by atoms with Gasteiger partial charge in [-0.3, -0.25) is 0 Å². The van der Waals surface area contributed by atoms with Crippen molar-refractivity contribution in [1.82, 2.24) is 15.1 Å². The summed E-state index contributed by atoms with van der Waals surface area (Å²) < 4.78 is 10.2. The Hall–Kier alpha value is -1.95. The molecule has 6 nitrogen and oxygen atoms in total. The second kappa shape index (κ2) is 6.67. The number of aromatic nitrogens is 3. The monoisotopic (exact) mass is 288 g/mol. The molecule has 0 radical (unpaired) electrons. The maximum atomic E-state index is 5.21. The van der Waals surface area contributed by atoms with E-state index in [4.69, 9.17) is 9.26 Å². The van der Waals surface area contributed by atoms with E-state index in [0.717, 1.165) is 24.5 Å². The average Bonchev–Trinajstić information content (AvgIpc) is 2.82. The zero-order valence-electron chi connectivity index (χ0n) is 12.3. The molecule has 0 unspecified atom stereocenters. The summed E-state index contributed by atoms with van der Waals surface area (Å²) in [6, 6.07) is 4.01. The summed E-state index contributed by atoms with van der Waals surface area (Å²) in [4.78, 5) is 11.2. The highest BCUT2D eigenvalue weighted by atomic mass is 16.5. The van der Waals surface area contributed by atoms with Crippen LogP contribution in [-0.4, -0.2) is 35.3 Å². The van der Waals surface area contributed by atoms with Crippen molar-refractivity contribution < 1.29 is 9.26 Å². The lowest BCUT2D eigenvalue weighted by atomic mass is 10.2. The minimum Gasteiger partial charge on any atom is -0.377 e. The van der Waals surface area contributed by atoms with Crippen molar-refractivity contribution in [3.8, 4) is 11.5 Å². The number of pyridine rings is 1. The van der Waals surface area contributed by atoms with Gasteiger partial charge in [-0.2, -0.15) is 4.98 Å². The third-order valence-electron chi connectivity index (χ3n) is 3.67. The highest BCUT2D eigenvalue weighted by molar-refractivity contribution is 5.54. The zero-order chi connectivity index (χ0) is 14.5. The van der Waals surface area contributed by atoms with Crippen LogP contribution in [0.3, 0.4) is 0 Å². The van der Waals surface area contributed by atoms with E-state index < -0.39 is 0 Å². The first-order valence-corrected chi connectivity index (χ1v) is 7.40. The lowest BCUT2D eigenvalue weighted by Crippen LogP contribution is -2.24. The number of hydrogen-bond donors (Lipinski definition) is 0. The fourth-order valence-corrected chi connectivity index (χ4v) is 2.56. The van der Waals surface area contributed by atoms with Crippen LogP contribution in [0.1, 0.15) is 31.5 Å². The second-order valence-electron chi connectivity index (χ2n) is 5.26. The van der Waals surface area contributed by atoms with Gasteiger partial charge in [0.05, 0.1) is 5.56 Å². The molecule has 1 aliphatic rings. The van der Waals surface area contributed by atoms with Gasteiger partial charge in [0.15, 0.2) is 5.82 Å². The normalized spacial score (nSPS) is 16.0. The molecule has 3 heterocycles. The molecular formula is C15H20N4O2. The van der Waals surface area contributed by atoms with Gasteiger partial charge in [0.25, 0.3) is 5.89 Å². The number of ether oxygens (including phenoxy) is 1. The molecule has 0 N–H and O–H groups in total. The third-order valence-corrected chi connectivity index (χ3v) is 3.67.